The van der Waals surface area contributed by atoms with Crippen LogP contribution in [-0.4, -0.2) is 89.2 Å². The van der Waals surface area contributed by atoms with Gasteiger partial charge in [0.25, 0.3) is 11.8 Å². The summed E-state index contributed by atoms with van der Waals surface area (Å²) < 4.78 is 5.02. The first-order valence-electron chi connectivity index (χ1n) is 12.0. The van der Waals surface area contributed by atoms with Gasteiger partial charge < -0.3 is 30.7 Å². The summed E-state index contributed by atoms with van der Waals surface area (Å²) in [7, 11) is 1.30. The molecule has 0 spiro atoms. The summed E-state index contributed by atoms with van der Waals surface area (Å²) in [5.74, 6) is -4.11. The molecule has 0 bridgehead atoms. The normalized spacial score (nSPS) is 13.2. The number of ether oxygens (including phenoxy) is 1. The maximum absolute atomic E-state index is 12.6. The fraction of sp³-hybridized carbons (Fsp3) is 0.400. The van der Waals surface area contributed by atoms with E-state index < -0.39 is 54.2 Å². The molecule has 0 radical (unpaired) electrons. The quantitative estimate of drug-likeness (QED) is 0.244. The van der Waals surface area contributed by atoms with Crippen LogP contribution in [0.15, 0.2) is 36.4 Å². The van der Waals surface area contributed by atoms with Gasteiger partial charge in [0.15, 0.2) is 0 Å². The summed E-state index contributed by atoms with van der Waals surface area (Å²) in [5.41, 5.74) is 1.02. The molecule has 0 aromatic heterocycles. The van der Waals surface area contributed by atoms with E-state index in [0.717, 1.165) is 22.0 Å². The van der Waals surface area contributed by atoms with Gasteiger partial charge in [0.1, 0.15) is 19.2 Å². The SMILES string of the molecule is CC(C)C(NC(=O)CCN1C(=O)C=CC1=O)C(=O)NCC(=O)Nc1ccc(COC(=O)N(C)CC(=O)O)cc1. The number of carboxylic acids is 1. The Kier molecular flexibility index (Phi) is 11.1. The van der Waals surface area contributed by atoms with Crippen molar-refractivity contribution in [2.75, 3.05) is 32.0 Å². The van der Waals surface area contributed by atoms with E-state index in [-0.39, 0.29) is 32.0 Å². The third-order valence-electron chi connectivity index (χ3n) is 5.44. The molecular weight excluding hydrogens is 514 g/mol. The number of benzene rings is 1. The van der Waals surface area contributed by atoms with E-state index >= 15 is 0 Å². The summed E-state index contributed by atoms with van der Waals surface area (Å²) in [6.07, 6.45) is 1.26. The molecule has 14 nitrogen and oxygen atoms in total. The highest BCUT2D eigenvalue weighted by atomic mass is 16.6. The van der Waals surface area contributed by atoms with Gasteiger partial charge in [-0.25, -0.2) is 4.79 Å². The van der Waals surface area contributed by atoms with Gasteiger partial charge >= 0.3 is 12.1 Å². The van der Waals surface area contributed by atoms with Crippen molar-refractivity contribution in [2.24, 2.45) is 5.92 Å². The first kappa shape index (κ1) is 30.5. The number of carboxylic acid groups (broad SMARTS) is 1. The zero-order valence-corrected chi connectivity index (χ0v) is 21.8. The monoisotopic (exact) mass is 545 g/mol. The smallest absolute Gasteiger partial charge is 0.410 e. The van der Waals surface area contributed by atoms with Crippen LogP contribution in [0.25, 0.3) is 0 Å². The van der Waals surface area contributed by atoms with Crippen LogP contribution in [0.4, 0.5) is 10.5 Å². The lowest BCUT2D eigenvalue weighted by Gasteiger charge is -2.22. The topological polar surface area (TPSA) is 192 Å². The number of nitrogens with one attached hydrogen (secondary N) is 3. The van der Waals surface area contributed by atoms with Gasteiger partial charge in [0, 0.05) is 37.9 Å². The second kappa shape index (κ2) is 14.3. The van der Waals surface area contributed by atoms with Gasteiger partial charge in [-0.2, -0.15) is 0 Å². The second-order valence-corrected chi connectivity index (χ2v) is 8.97. The van der Waals surface area contributed by atoms with Crippen molar-refractivity contribution in [3.8, 4) is 0 Å². The predicted molar refractivity (Wildman–Crippen MR) is 136 cm³/mol. The van der Waals surface area contributed by atoms with E-state index in [0.29, 0.717) is 11.3 Å². The molecule has 39 heavy (non-hydrogen) atoms. The van der Waals surface area contributed by atoms with Crippen LogP contribution in [0.5, 0.6) is 0 Å². The Balaban J connectivity index is 1.77. The summed E-state index contributed by atoms with van der Waals surface area (Å²) in [6, 6.07) is 5.38. The number of aliphatic carboxylic acids is 1. The van der Waals surface area contributed by atoms with E-state index in [2.05, 4.69) is 16.0 Å². The summed E-state index contributed by atoms with van der Waals surface area (Å²) in [5, 5.41) is 16.3. The average molecular weight is 546 g/mol. The molecule has 6 amide bonds. The molecule has 14 heteroatoms. The van der Waals surface area contributed by atoms with Crippen LogP contribution in [0.3, 0.4) is 0 Å². The van der Waals surface area contributed by atoms with E-state index in [4.69, 9.17) is 9.84 Å². The molecule has 0 aliphatic carbocycles. The molecule has 2 rings (SSSR count). The zero-order chi connectivity index (χ0) is 29.1. The van der Waals surface area contributed by atoms with Gasteiger partial charge in [-0.05, 0) is 23.6 Å². The van der Waals surface area contributed by atoms with Crippen LogP contribution in [0.2, 0.25) is 0 Å². The van der Waals surface area contributed by atoms with Crippen molar-refractivity contribution >= 4 is 47.3 Å². The van der Waals surface area contributed by atoms with Crippen LogP contribution < -0.4 is 16.0 Å². The maximum Gasteiger partial charge on any atom is 0.410 e. The van der Waals surface area contributed by atoms with Crippen molar-refractivity contribution in [3.05, 3.63) is 42.0 Å². The Bertz CT molecular complexity index is 1130. The van der Waals surface area contributed by atoms with E-state index in [1.807, 2.05) is 0 Å². The minimum Gasteiger partial charge on any atom is -0.480 e. The van der Waals surface area contributed by atoms with Gasteiger partial charge in [0.05, 0.1) is 6.54 Å². The molecule has 4 N–H and O–H groups in total. The first-order chi connectivity index (χ1) is 18.4. The maximum atomic E-state index is 12.6. The molecule has 0 fully saturated rings. The molecule has 1 aliphatic rings. The molecule has 1 unspecified atom stereocenters. The van der Waals surface area contributed by atoms with Crippen molar-refractivity contribution in [1.82, 2.24) is 20.4 Å². The van der Waals surface area contributed by atoms with Crippen LogP contribution in [0, 0.1) is 5.92 Å². The average Bonchev–Trinajstić information content (AvgIpc) is 3.20. The minimum absolute atomic E-state index is 0.100. The lowest BCUT2D eigenvalue weighted by molar-refractivity contribution is -0.139. The third-order valence-corrected chi connectivity index (χ3v) is 5.44. The van der Waals surface area contributed by atoms with Crippen LogP contribution >= 0.6 is 0 Å². The third kappa shape index (κ3) is 9.91. The van der Waals surface area contributed by atoms with Crippen molar-refractivity contribution in [2.45, 2.75) is 32.9 Å². The van der Waals surface area contributed by atoms with E-state index in [1.54, 1.807) is 38.1 Å². The van der Waals surface area contributed by atoms with Crippen molar-refractivity contribution in [1.29, 1.82) is 0 Å². The Labute approximate surface area is 224 Å². The Hall–Kier alpha value is -4.75. The zero-order valence-electron chi connectivity index (χ0n) is 21.8. The number of likely N-dealkylation sites (N-methyl/N-ethyl adjacent to an activating group) is 1. The Morgan fingerprint density at radius 1 is 1.00 bits per heavy atom. The molecule has 1 atom stereocenters. The Morgan fingerprint density at radius 3 is 2.18 bits per heavy atom. The number of imide groups is 1. The van der Waals surface area contributed by atoms with E-state index in [1.165, 1.54) is 7.05 Å². The molecular formula is C25H31N5O9. The second-order valence-electron chi connectivity index (χ2n) is 8.97. The number of rotatable bonds is 13. The number of carbonyl (C=O) groups is 7. The van der Waals surface area contributed by atoms with Crippen molar-refractivity contribution < 1.29 is 43.4 Å². The molecule has 0 saturated heterocycles. The predicted octanol–water partition coefficient (Wildman–Crippen LogP) is -0.150. The van der Waals surface area contributed by atoms with Crippen molar-refractivity contribution in [3.63, 3.8) is 0 Å². The highest BCUT2D eigenvalue weighted by Gasteiger charge is 2.27. The lowest BCUT2D eigenvalue weighted by atomic mass is 10.0. The fourth-order valence-corrected chi connectivity index (χ4v) is 3.33. The van der Waals surface area contributed by atoms with Gasteiger partial charge in [-0.15, -0.1) is 0 Å². The standard InChI is InChI=1S/C25H31N5O9/c1-15(2)23(28-18(31)10-11-30-20(33)8-9-21(30)34)24(37)26-12-19(32)27-17-6-4-16(5-7-17)14-39-25(38)29(3)13-22(35)36/h4-9,15,23H,10-14H2,1-3H3,(H,26,37)(H,27,32)(H,28,31)(H,35,36). The Morgan fingerprint density at radius 2 is 1.62 bits per heavy atom. The summed E-state index contributed by atoms with van der Waals surface area (Å²) in [6.45, 7) is 2.35. The minimum atomic E-state index is -1.17. The highest BCUT2D eigenvalue weighted by molar-refractivity contribution is 6.13. The number of nitrogens with zero attached hydrogens (tertiary/aromatic N) is 2. The van der Waals surface area contributed by atoms with Crippen LogP contribution in [-0.2, 0) is 40.1 Å². The summed E-state index contributed by atoms with van der Waals surface area (Å²) >= 11 is 0. The molecule has 1 aromatic carbocycles. The van der Waals surface area contributed by atoms with E-state index in [9.17, 15) is 33.6 Å². The number of amides is 6. The molecule has 1 heterocycles. The molecule has 1 aliphatic heterocycles. The number of hydrogen-bond acceptors (Lipinski definition) is 8. The van der Waals surface area contributed by atoms with Gasteiger partial charge in [0.2, 0.25) is 17.7 Å². The summed E-state index contributed by atoms with van der Waals surface area (Å²) in [4.78, 5) is 84.6. The molecule has 1 aromatic rings. The lowest BCUT2D eigenvalue weighted by Crippen LogP contribution is -2.51. The van der Waals surface area contributed by atoms with Crippen LogP contribution in [0.1, 0.15) is 25.8 Å². The fourth-order valence-electron chi connectivity index (χ4n) is 3.33. The molecule has 0 saturated carbocycles. The van der Waals surface area contributed by atoms with Gasteiger partial charge in [-0.3, -0.25) is 33.7 Å². The molecule has 210 valence electrons. The number of carbonyl (C=O) groups excluding carboxylic acids is 6. The number of hydrogen-bond donors (Lipinski definition) is 4. The number of anilines is 1. The highest BCUT2D eigenvalue weighted by Crippen LogP contribution is 2.11. The van der Waals surface area contributed by atoms with Gasteiger partial charge in [-0.1, -0.05) is 26.0 Å². The first-order valence-corrected chi connectivity index (χ1v) is 12.0. The largest absolute Gasteiger partial charge is 0.480 e.